The summed E-state index contributed by atoms with van der Waals surface area (Å²) in [5.74, 6) is -2.85. The minimum absolute atomic E-state index is 0.0673. The van der Waals surface area contributed by atoms with Crippen molar-refractivity contribution < 1.29 is 8.78 Å². The maximum atomic E-state index is 14.4. The predicted molar refractivity (Wildman–Crippen MR) is 85.8 cm³/mol. The highest BCUT2D eigenvalue weighted by Gasteiger charge is 2.33. The largest absolute Gasteiger partial charge is 0.292 e. The van der Waals surface area contributed by atoms with Gasteiger partial charge >= 0.3 is 0 Å². The SMILES string of the molecule is FC(F)(CN(CCBr)Cc1ccccc1)c1ccccc1. The summed E-state index contributed by atoms with van der Waals surface area (Å²) in [7, 11) is 0. The zero-order valence-corrected chi connectivity index (χ0v) is 13.3. The number of rotatable bonds is 7. The quantitative estimate of drug-likeness (QED) is 0.653. The van der Waals surface area contributed by atoms with Gasteiger partial charge in [-0.25, -0.2) is 0 Å². The second-order valence-corrected chi connectivity index (χ2v) is 5.75. The van der Waals surface area contributed by atoms with E-state index < -0.39 is 5.92 Å². The highest BCUT2D eigenvalue weighted by molar-refractivity contribution is 9.09. The molecule has 0 aromatic heterocycles. The number of hydrogen-bond acceptors (Lipinski definition) is 1. The smallest absolute Gasteiger partial charge is 0.285 e. The molecular formula is C17H18BrF2N. The molecule has 0 atom stereocenters. The second kappa shape index (κ2) is 7.66. The van der Waals surface area contributed by atoms with Crippen LogP contribution in [-0.4, -0.2) is 23.3 Å². The van der Waals surface area contributed by atoms with Crippen LogP contribution in [0.4, 0.5) is 8.78 Å². The molecule has 0 saturated carbocycles. The van der Waals surface area contributed by atoms with Gasteiger partial charge in [-0.05, 0) is 5.56 Å². The van der Waals surface area contributed by atoms with Gasteiger partial charge in [0.05, 0.1) is 6.54 Å². The number of halogens is 3. The zero-order valence-electron chi connectivity index (χ0n) is 11.7. The molecule has 0 fully saturated rings. The van der Waals surface area contributed by atoms with E-state index >= 15 is 0 Å². The van der Waals surface area contributed by atoms with Crippen molar-refractivity contribution >= 4 is 15.9 Å². The average Bonchev–Trinajstić information content (AvgIpc) is 2.49. The van der Waals surface area contributed by atoms with E-state index in [0.717, 1.165) is 5.56 Å². The Morgan fingerprint density at radius 3 is 2.05 bits per heavy atom. The Labute approximate surface area is 132 Å². The maximum Gasteiger partial charge on any atom is 0.285 e. The van der Waals surface area contributed by atoms with Gasteiger partial charge in [-0.2, -0.15) is 8.78 Å². The lowest BCUT2D eigenvalue weighted by Gasteiger charge is -2.27. The topological polar surface area (TPSA) is 3.24 Å². The molecule has 2 aromatic carbocycles. The molecule has 0 aliphatic heterocycles. The van der Waals surface area contributed by atoms with E-state index in [1.165, 1.54) is 12.1 Å². The highest BCUT2D eigenvalue weighted by Crippen LogP contribution is 2.29. The van der Waals surface area contributed by atoms with Crippen LogP contribution in [0.15, 0.2) is 60.7 Å². The van der Waals surface area contributed by atoms with E-state index in [1.807, 2.05) is 30.3 Å². The van der Waals surface area contributed by atoms with Gasteiger partial charge in [0.15, 0.2) is 0 Å². The van der Waals surface area contributed by atoms with Crippen molar-refractivity contribution in [2.45, 2.75) is 12.5 Å². The molecule has 1 nitrogen and oxygen atoms in total. The van der Waals surface area contributed by atoms with E-state index in [-0.39, 0.29) is 12.1 Å². The van der Waals surface area contributed by atoms with Crippen LogP contribution in [0.2, 0.25) is 0 Å². The van der Waals surface area contributed by atoms with Crippen LogP contribution in [0.1, 0.15) is 11.1 Å². The van der Waals surface area contributed by atoms with Crippen molar-refractivity contribution in [2.75, 3.05) is 18.4 Å². The van der Waals surface area contributed by atoms with E-state index in [0.29, 0.717) is 18.4 Å². The van der Waals surface area contributed by atoms with Crippen LogP contribution in [0.25, 0.3) is 0 Å². The first-order valence-corrected chi connectivity index (χ1v) is 7.99. The molecule has 0 bridgehead atoms. The molecule has 0 radical (unpaired) electrons. The number of alkyl halides is 3. The molecule has 0 spiro atoms. The first-order valence-electron chi connectivity index (χ1n) is 6.87. The second-order valence-electron chi connectivity index (χ2n) is 4.96. The molecule has 0 aliphatic carbocycles. The predicted octanol–water partition coefficient (Wildman–Crippen LogP) is 4.68. The van der Waals surface area contributed by atoms with Gasteiger partial charge < -0.3 is 0 Å². The number of hydrogen-bond donors (Lipinski definition) is 0. The van der Waals surface area contributed by atoms with Crippen molar-refractivity contribution in [3.05, 3.63) is 71.8 Å². The minimum atomic E-state index is -2.85. The first-order chi connectivity index (χ1) is 10.1. The van der Waals surface area contributed by atoms with E-state index in [9.17, 15) is 8.78 Å². The Morgan fingerprint density at radius 2 is 1.48 bits per heavy atom. The summed E-state index contributed by atoms with van der Waals surface area (Å²) < 4.78 is 28.8. The summed E-state index contributed by atoms with van der Waals surface area (Å²) in [6.45, 7) is 0.823. The molecule has 0 amide bonds. The lowest BCUT2D eigenvalue weighted by molar-refractivity contribution is -0.0384. The molecule has 21 heavy (non-hydrogen) atoms. The molecular weight excluding hydrogens is 336 g/mol. The van der Waals surface area contributed by atoms with Gasteiger partial charge in [0, 0.05) is 24.0 Å². The average molecular weight is 354 g/mol. The van der Waals surface area contributed by atoms with Crippen LogP contribution >= 0.6 is 15.9 Å². The fourth-order valence-corrected chi connectivity index (χ4v) is 2.73. The van der Waals surface area contributed by atoms with Gasteiger partial charge in [-0.1, -0.05) is 76.6 Å². The Morgan fingerprint density at radius 1 is 0.905 bits per heavy atom. The van der Waals surface area contributed by atoms with Gasteiger partial charge in [-0.15, -0.1) is 0 Å². The Bertz CT molecular complexity index is 531. The summed E-state index contributed by atoms with van der Waals surface area (Å²) in [6.07, 6.45) is 0. The molecule has 0 aliphatic rings. The molecule has 2 aromatic rings. The Kier molecular flexibility index (Phi) is 5.88. The van der Waals surface area contributed by atoms with Crippen molar-refractivity contribution in [1.82, 2.24) is 4.90 Å². The normalized spacial score (nSPS) is 11.8. The lowest BCUT2D eigenvalue weighted by atomic mass is 10.1. The van der Waals surface area contributed by atoms with E-state index in [1.54, 1.807) is 23.1 Å². The number of benzene rings is 2. The van der Waals surface area contributed by atoms with Crippen molar-refractivity contribution in [2.24, 2.45) is 0 Å². The van der Waals surface area contributed by atoms with Crippen molar-refractivity contribution in [3.63, 3.8) is 0 Å². The van der Waals surface area contributed by atoms with Gasteiger partial charge in [-0.3, -0.25) is 4.90 Å². The summed E-state index contributed by atoms with van der Waals surface area (Å²) in [5.41, 5.74) is 1.11. The minimum Gasteiger partial charge on any atom is -0.292 e. The lowest BCUT2D eigenvalue weighted by Crippen LogP contribution is -2.36. The van der Waals surface area contributed by atoms with Gasteiger partial charge in [0.2, 0.25) is 0 Å². The van der Waals surface area contributed by atoms with Crippen LogP contribution in [-0.2, 0) is 12.5 Å². The first kappa shape index (κ1) is 16.1. The summed E-state index contributed by atoms with van der Waals surface area (Å²) in [6, 6.07) is 17.7. The molecule has 4 heteroatoms. The highest BCUT2D eigenvalue weighted by atomic mass is 79.9. The zero-order chi connectivity index (χ0) is 15.1. The molecule has 0 N–H and O–H groups in total. The monoisotopic (exact) mass is 353 g/mol. The van der Waals surface area contributed by atoms with Gasteiger partial charge in [0.25, 0.3) is 5.92 Å². The van der Waals surface area contributed by atoms with Crippen molar-refractivity contribution in [3.8, 4) is 0 Å². The molecule has 112 valence electrons. The van der Waals surface area contributed by atoms with Crippen LogP contribution in [0, 0.1) is 0 Å². The summed E-state index contributed by atoms with van der Waals surface area (Å²) in [4.78, 5) is 1.77. The van der Waals surface area contributed by atoms with E-state index in [4.69, 9.17) is 0 Å². The van der Waals surface area contributed by atoms with Crippen LogP contribution in [0.3, 0.4) is 0 Å². The third kappa shape index (κ3) is 4.90. The molecule has 0 unspecified atom stereocenters. The summed E-state index contributed by atoms with van der Waals surface area (Å²) >= 11 is 3.34. The number of nitrogens with zero attached hydrogens (tertiary/aromatic N) is 1. The fourth-order valence-electron chi connectivity index (χ4n) is 2.23. The third-order valence-electron chi connectivity index (χ3n) is 3.27. The van der Waals surface area contributed by atoms with Gasteiger partial charge in [0.1, 0.15) is 0 Å². The maximum absolute atomic E-state index is 14.4. The molecule has 0 saturated heterocycles. The Hall–Kier alpha value is -1.26. The summed E-state index contributed by atoms with van der Waals surface area (Å²) in [5, 5.41) is 0.671. The van der Waals surface area contributed by atoms with Crippen LogP contribution in [0.5, 0.6) is 0 Å². The fraction of sp³-hybridized carbons (Fsp3) is 0.294. The molecule has 0 heterocycles. The van der Waals surface area contributed by atoms with E-state index in [2.05, 4.69) is 15.9 Å². The Balaban J connectivity index is 2.08. The standard InChI is InChI=1S/C17H18BrF2N/c18-11-12-21(13-15-7-3-1-4-8-15)14-17(19,20)16-9-5-2-6-10-16/h1-10H,11-14H2. The van der Waals surface area contributed by atoms with Crippen LogP contribution < -0.4 is 0 Å². The van der Waals surface area contributed by atoms with Crippen molar-refractivity contribution in [1.29, 1.82) is 0 Å². The molecule has 2 rings (SSSR count). The third-order valence-corrected chi connectivity index (χ3v) is 3.62.